The van der Waals surface area contributed by atoms with Crippen molar-refractivity contribution in [3.8, 4) is 6.26 Å². The molecule has 0 saturated carbocycles. The molecule has 0 heterocycles. The second-order valence-corrected chi connectivity index (χ2v) is 1.95. The SMILES string of the molecule is N#CO.Sc1ccccc1.[Zn]. The molecule has 54 valence electrons. The Morgan fingerprint density at radius 3 is 1.82 bits per heavy atom. The molecule has 1 aromatic carbocycles. The van der Waals surface area contributed by atoms with Gasteiger partial charge in [-0.2, -0.15) is 5.26 Å². The first-order chi connectivity index (χ1) is 4.81. The van der Waals surface area contributed by atoms with Crippen LogP contribution in [0.4, 0.5) is 0 Å². The number of nitrogens with zero attached hydrogens (tertiary/aromatic N) is 1. The summed E-state index contributed by atoms with van der Waals surface area (Å²) in [6.07, 6.45) is 0.750. The summed E-state index contributed by atoms with van der Waals surface area (Å²) in [6, 6.07) is 9.79. The van der Waals surface area contributed by atoms with E-state index < -0.39 is 0 Å². The minimum atomic E-state index is 0. The van der Waals surface area contributed by atoms with Gasteiger partial charge in [-0.1, -0.05) is 18.2 Å². The Bertz CT molecular complexity index is 209. The number of nitriles is 1. The third-order valence-electron chi connectivity index (χ3n) is 0.756. The number of hydrogen-bond donors (Lipinski definition) is 2. The normalized spacial score (nSPS) is 6.18. The van der Waals surface area contributed by atoms with Gasteiger partial charge in [0.25, 0.3) is 6.26 Å². The maximum atomic E-state index is 6.88. The molecule has 0 bridgehead atoms. The van der Waals surface area contributed by atoms with Gasteiger partial charge in [-0.3, -0.25) is 0 Å². The molecule has 0 aliphatic heterocycles. The van der Waals surface area contributed by atoms with E-state index in [-0.39, 0.29) is 19.5 Å². The van der Waals surface area contributed by atoms with E-state index in [1.54, 1.807) is 0 Å². The second-order valence-electron chi connectivity index (χ2n) is 1.44. The van der Waals surface area contributed by atoms with Gasteiger partial charge in [-0.15, -0.1) is 12.6 Å². The minimum Gasteiger partial charge on any atom is -0.443 e. The van der Waals surface area contributed by atoms with E-state index in [0.717, 1.165) is 11.2 Å². The number of thiol groups is 1. The molecule has 0 amide bonds. The van der Waals surface area contributed by atoms with Crippen molar-refractivity contribution in [3.05, 3.63) is 30.3 Å². The Kier molecular flexibility index (Phi) is 11.3. The molecular weight excluding hydrogens is 212 g/mol. The Labute approximate surface area is 84.0 Å². The van der Waals surface area contributed by atoms with Crippen molar-refractivity contribution in [1.29, 1.82) is 5.26 Å². The van der Waals surface area contributed by atoms with Crippen LogP contribution < -0.4 is 0 Å². The quantitative estimate of drug-likeness (QED) is 0.396. The first kappa shape index (κ1) is 13.1. The first-order valence-electron chi connectivity index (χ1n) is 2.58. The first-order valence-corrected chi connectivity index (χ1v) is 3.03. The number of hydrogen-bond acceptors (Lipinski definition) is 3. The average molecular weight is 219 g/mol. The van der Waals surface area contributed by atoms with Crippen molar-refractivity contribution in [1.82, 2.24) is 0 Å². The maximum absolute atomic E-state index is 6.88. The van der Waals surface area contributed by atoms with Crippen molar-refractivity contribution in [2.75, 3.05) is 0 Å². The van der Waals surface area contributed by atoms with Gasteiger partial charge in [-0.05, 0) is 12.1 Å². The summed E-state index contributed by atoms with van der Waals surface area (Å²) in [5.41, 5.74) is 0. The Morgan fingerprint density at radius 1 is 1.27 bits per heavy atom. The van der Waals surface area contributed by atoms with E-state index >= 15 is 0 Å². The van der Waals surface area contributed by atoms with Gasteiger partial charge >= 0.3 is 0 Å². The summed E-state index contributed by atoms with van der Waals surface area (Å²) in [6.45, 7) is 0. The van der Waals surface area contributed by atoms with Gasteiger partial charge in [0.05, 0.1) is 0 Å². The molecule has 0 unspecified atom stereocenters. The molecule has 0 saturated heterocycles. The standard InChI is InChI=1S/C6H6S.CHNO.Zn/c7-6-4-2-1-3-5-6;2-1-3;/h1-5,7H;3H;. The summed E-state index contributed by atoms with van der Waals surface area (Å²) >= 11 is 4.08. The van der Waals surface area contributed by atoms with Crippen LogP contribution in [0.15, 0.2) is 35.2 Å². The van der Waals surface area contributed by atoms with Crippen LogP contribution in [0.3, 0.4) is 0 Å². The summed E-state index contributed by atoms with van der Waals surface area (Å²) in [5, 5.41) is 13.8. The number of aliphatic hydroxyl groups excluding tert-OH is 1. The zero-order chi connectivity index (χ0) is 7.82. The van der Waals surface area contributed by atoms with Crippen LogP contribution in [0.1, 0.15) is 0 Å². The van der Waals surface area contributed by atoms with Gasteiger partial charge in [0, 0.05) is 24.4 Å². The topological polar surface area (TPSA) is 44.0 Å². The van der Waals surface area contributed by atoms with Gasteiger partial charge < -0.3 is 5.11 Å². The molecule has 2 nitrogen and oxygen atoms in total. The van der Waals surface area contributed by atoms with Crippen LogP contribution in [0, 0.1) is 11.5 Å². The van der Waals surface area contributed by atoms with Crippen LogP contribution >= 0.6 is 12.6 Å². The largest absolute Gasteiger partial charge is 0.443 e. The molecule has 1 aromatic rings. The molecule has 0 radical (unpaired) electrons. The number of rotatable bonds is 0. The van der Waals surface area contributed by atoms with Gasteiger partial charge in [0.15, 0.2) is 0 Å². The molecule has 0 spiro atoms. The summed E-state index contributed by atoms with van der Waals surface area (Å²) in [5.74, 6) is 0. The van der Waals surface area contributed by atoms with Crippen LogP contribution in [-0.4, -0.2) is 5.11 Å². The van der Waals surface area contributed by atoms with Gasteiger partial charge in [-0.25, -0.2) is 0 Å². The van der Waals surface area contributed by atoms with Gasteiger partial charge in [0.1, 0.15) is 0 Å². The average Bonchev–Trinajstić information content (AvgIpc) is 1.91. The predicted molar refractivity (Wildman–Crippen MR) is 41.2 cm³/mol. The van der Waals surface area contributed by atoms with E-state index in [4.69, 9.17) is 10.4 Å². The molecule has 11 heavy (non-hydrogen) atoms. The maximum Gasteiger partial charge on any atom is 0.283 e. The molecule has 0 aliphatic carbocycles. The van der Waals surface area contributed by atoms with Crippen molar-refractivity contribution >= 4 is 12.6 Å². The number of benzene rings is 1. The zero-order valence-corrected chi connectivity index (χ0v) is 9.80. The van der Waals surface area contributed by atoms with E-state index in [2.05, 4.69) is 12.6 Å². The molecule has 1 N–H and O–H groups in total. The van der Waals surface area contributed by atoms with E-state index in [1.807, 2.05) is 30.3 Å². The van der Waals surface area contributed by atoms with Crippen molar-refractivity contribution < 1.29 is 24.6 Å². The van der Waals surface area contributed by atoms with Crippen molar-refractivity contribution in [3.63, 3.8) is 0 Å². The van der Waals surface area contributed by atoms with Crippen LogP contribution in [0.2, 0.25) is 0 Å². The third kappa shape index (κ3) is 9.48. The fourth-order valence-electron chi connectivity index (χ4n) is 0.428. The Hall–Kier alpha value is -0.517. The Balaban J connectivity index is 0. The summed E-state index contributed by atoms with van der Waals surface area (Å²) in [4.78, 5) is 1.02. The second kappa shape index (κ2) is 9.48. The van der Waals surface area contributed by atoms with E-state index in [9.17, 15) is 0 Å². The number of aliphatic hydroxyl groups is 1. The molecular formula is C7H7NOSZn. The fraction of sp³-hybridized carbons (Fsp3) is 0. The summed E-state index contributed by atoms with van der Waals surface area (Å²) in [7, 11) is 0. The molecule has 0 aliphatic rings. The van der Waals surface area contributed by atoms with Crippen molar-refractivity contribution in [2.45, 2.75) is 4.90 Å². The molecule has 0 fully saturated rings. The van der Waals surface area contributed by atoms with Crippen LogP contribution in [0.5, 0.6) is 0 Å². The minimum absolute atomic E-state index is 0. The van der Waals surface area contributed by atoms with Crippen LogP contribution in [-0.2, 0) is 19.5 Å². The molecule has 1 rings (SSSR count). The zero-order valence-electron chi connectivity index (χ0n) is 5.94. The summed E-state index contributed by atoms with van der Waals surface area (Å²) < 4.78 is 0. The molecule has 0 atom stereocenters. The van der Waals surface area contributed by atoms with Crippen molar-refractivity contribution in [2.24, 2.45) is 0 Å². The van der Waals surface area contributed by atoms with Crippen LogP contribution in [0.25, 0.3) is 0 Å². The monoisotopic (exact) mass is 217 g/mol. The Morgan fingerprint density at radius 2 is 1.64 bits per heavy atom. The van der Waals surface area contributed by atoms with E-state index in [0.29, 0.717) is 0 Å². The van der Waals surface area contributed by atoms with Gasteiger partial charge in [0.2, 0.25) is 0 Å². The smallest absolute Gasteiger partial charge is 0.283 e. The fourth-order valence-corrected chi connectivity index (χ4v) is 0.600. The predicted octanol–water partition coefficient (Wildman–Crippen LogP) is 1.81. The third-order valence-corrected chi connectivity index (χ3v) is 1.05. The van der Waals surface area contributed by atoms with E-state index in [1.165, 1.54) is 0 Å². The molecule has 4 heteroatoms. The molecule has 0 aromatic heterocycles.